The Labute approximate surface area is 218 Å². The second-order valence-corrected chi connectivity index (χ2v) is 10.9. The molecular weight excluding hydrogens is 510 g/mol. The number of carboxylic acid groups (broad SMARTS) is 1. The number of hydrogen-bond acceptors (Lipinski definition) is 6. The molecule has 1 heterocycles. The molecule has 11 heteroatoms. The Hall–Kier alpha value is -4.38. The fraction of sp³-hybridized carbons (Fsp3) is 0.222. The first-order valence-corrected chi connectivity index (χ1v) is 13.6. The van der Waals surface area contributed by atoms with E-state index in [1.807, 2.05) is 12.1 Å². The Bertz CT molecular complexity index is 1790. The molecule has 0 aliphatic rings. The standard InChI is InChI=1S/C27H27N3O7S/c1-5-27(2,25(32)33)22-15-20(30-11-10-23(31)28-26(30)34)14-21(24(22)37-3)18-7-6-17-13-19(29-38(4,35)36)9-8-16(17)12-18/h6-15,29H,5H2,1-4H3,(H,32,33)(H,28,31,34). The molecule has 4 aromatic rings. The Morgan fingerprint density at radius 2 is 1.76 bits per heavy atom. The molecule has 4 rings (SSSR count). The minimum Gasteiger partial charge on any atom is -0.496 e. The van der Waals surface area contributed by atoms with Crippen LogP contribution < -0.4 is 20.7 Å². The van der Waals surface area contributed by atoms with Gasteiger partial charge in [-0.2, -0.15) is 0 Å². The highest BCUT2D eigenvalue weighted by atomic mass is 32.2. The summed E-state index contributed by atoms with van der Waals surface area (Å²) >= 11 is 0. The zero-order valence-electron chi connectivity index (χ0n) is 21.2. The minimum absolute atomic E-state index is 0.246. The van der Waals surface area contributed by atoms with E-state index >= 15 is 0 Å². The average molecular weight is 538 g/mol. The number of benzene rings is 3. The average Bonchev–Trinajstić information content (AvgIpc) is 2.86. The van der Waals surface area contributed by atoms with Crippen LogP contribution in [0.1, 0.15) is 25.8 Å². The molecular formula is C27H27N3O7S. The molecule has 0 saturated carbocycles. The van der Waals surface area contributed by atoms with Gasteiger partial charge in [0.25, 0.3) is 5.56 Å². The third-order valence-corrected chi connectivity index (χ3v) is 7.21. The molecule has 1 atom stereocenters. The largest absolute Gasteiger partial charge is 0.496 e. The van der Waals surface area contributed by atoms with E-state index in [-0.39, 0.29) is 6.42 Å². The Morgan fingerprint density at radius 3 is 2.37 bits per heavy atom. The van der Waals surface area contributed by atoms with Crippen molar-refractivity contribution in [3.63, 3.8) is 0 Å². The number of hydrogen-bond donors (Lipinski definition) is 3. The summed E-state index contributed by atoms with van der Waals surface area (Å²) in [6.07, 6.45) is 2.65. The molecule has 0 aliphatic heterocycles. The van der Waals surface area contributed by atoms with Gasteiger partial charge in [0.1, 0.15) is 5.75 Å². The molecule has 198 valence electrons. The first kappa shape index (κ1) is 26.7. The highest BCUT2D eigenvalue weighted by molar-refractivity contribution is 7.92. The fourth-order valence-electron chi connectivity index (χ4n) is 4.37. The van der Waals surface area contributed by atoms with Crippen LogP contribution in [0.15, 0.2) is 70.4 Å². The SMILES string of the molecule is CCC(C)(C(=O)O)c1cc(-n2ccc(=O)[nH]c2=O)cc(-c2ccc3cc(NS(C)(=O)=O)ccc3c2)c1OC. The van der Waals surface area contributed by atoms with Crippen molar-refractivity contribution in [2.24, 2.45) is 0 Å². The number of rotatable bonds is 8. The van der Waals surface area contributed by atoms with E-state index in [0.29, 0.717) is 33.8 Å². The molecule has 0 amide bonds. The molecule has 38 heavy (non-hydrogen) atoms. The molecule has 0 spiro atoms. The molecule has 1 unspecified atom stereocenters. The van der Waals surface area contributed by atoms with Crippen molar-refractivity contribution in [2.45, 2.75) is 25.7 Å². The van der Waals surface area contributed by atoms with Gasteiger partial charge in [0.15, 0.2) is 0 Å². The van der Waals surface area contributed by atoms with Crippen molar-refractivity contribution in [1.29, 1.82) is 0 Å². The van der Waals surface area contributed by atoms with Gasteiger partial charge in [-0.1, -0.05) is 25.1 Å². The smallest absolute Gasteiger partial charge is 0.332 e. The van der Waals surface area contributed by atoms with Crippen LogP contribution in [0.3, 0.4) is 0 Å². The lowest BCUT2D eigenvalue weighted by molar-refractivity contribution is -0.143. The van der Waals surface area contributed by atoms with E-state index in [1.165, 1.54) is 23.9 Å². The minimum atomic E-state index is -3.44. The highest BCUT2D eigenvalue weighted by Gasteiger charge is 2.37. The number of carboxylic acids is 1. The lowest BCUT2D eigenvalue weighted by Gasteiger charge is -2.28. The van der Waals surface area contributed by atoms with Crippen LogP contribution in [0.2, 0.25) is 0 Å². The van der Waals surface area contributed by atoms with Gasteiger partial charge in [-0.3, -0.25) is 23.9 Å². The van der Waals surface area contributed by atoms with E-state index in [9.17, 15) is 27.9 Å². The summed E-state index contributed by atoms with van der Waals surface area (Å²) in [5, 5.41) is 11.7. The topological polar surface area (TPSA) is 148 Å². The van der Waals surface area contributed by atoms with Gasteiger partial charge in [0.05, 0.1) is 24.5 Å². The van der Waals surface area contributed by atoms with Crippen LogP contribution >= 0.6 is 0 Å². The second kappa shape index (κ2) is 9.82. The number of methoxy groups -OCH3 is 1. The first-order chi connectivity index (χ1) is 17.9. The molecule has 3 aromatic carbocycles. The number of anilines is 1. The Morgan fingerprint density at radius 1 is 1.08 bits per heavy atom. The number of ether oxygens (including phenoxy) is 1. The molecule has 3 N–H and O–H groups in total. The number of sulfonamides is 1. The van der Waals surface area contributed by atoms with E-state index < -0.39 is 32.7 Å². The van der Waals surface area contributed by atoms with Crippen LogP contribution in [-0.4, -0.2) is 42.4 Å². The van der Waals surface area contributed by atoms with Crippen molar-refractivity contribution in [1.82, 2.24) is 9.55 Å². The lowest BCUT2D eigenvalue weighted by Crippen LogP contribution is -2.33. The number of carbonyl (C=O) groups is 1. The van der Waals surface area contributed by atoms with Gasteiger partial charge < -0.3 is 9.84 Å². The summed E-state index contributed by atoms with van der Waals surface area (Å²) in [7, 11) is -1.98. The van der Waals surface area contributed by atoms with Gasteiger partial charge in [-0.05, 0) is 60.0 Å². The Kier molecular flexibility index (Phi) is 6.90. The maximum Gasteiger partial charge on any atom is 0.332 e. The van der Waals surface area contributed by atoms with Crippen LogP contribution in [0.25, 0.3) is 27.6 Å². The van der Waals surface area contributed by atoms with Crippen LogP contribution in [0.5, 0.6) is 5.75 Å². The monoisotopic (exact) mass is 537 g/mol. The quantitative estimate of drug-likeness (QED) is 0.312. The van der Waals surface area contributed by atoms with Gasteiger partial charge in [0, 0.05) is 29.1 Å². The van der Waals surface area contributed by atoms with E-state index in [1.54, 1.807) is 50.2 Å². The van der Waals surface area contributed by atoms with E-state index in [2.05, 4.69) is 9.71 Å². The second-order valence-electron chi connectivity index (χ2n) is 9.20. The molecule has 0 bridgehead atoms. The summed E-state index contributed by atoms with van der Waals surface area (Å²) in [4.78, 5) is 38.9. The number of aromatic amines is 1. The summed E-state index contributed by atoms with van der Waals surface area (Å²) in [5.41, 5.74) is -0.195. The molecule has 0 radical (unpaired) electrons. The number of aromatic nitrogens is 2. The number of nitrogens with one attached hydrogen (secondary N) is 2. The molecule has 0 aliphatic carbocycles. The van der Waals surface area contributed by atoms with Crippen molar-refractivity contribution >= 4 is 32.5 Å². The summed E-state index contributed by atoms with van der Waals surface area (Å²) in [6.45, 7) is 3.34. The van der Waals surface area contributed by atoms with Gasteiger partial charge in [0.2, 0.25) is 10.0 Å². The highest BCUT2D eigenvalue weighted by Crippen LogP contribution is 2.43. The maximum atomic E-state index is 12.6. The summed E-state index contributed by atoms with van der Waals surface area (Å²) < 4.78 is 32.7. The molecule has 1 aromatic heterocycles. The molecule has 0 saturated heterocycles. The summed E-state index contributed by atoms with van der Waals surface area (Å²) in [6, 6.07) is 15.1. The number of fused-ring (bicyclic) bond motifs is 1. The summed E-state index contributed by atoms with van der Waals surface area (Å²) in [5.74, 6) is -0.715. The number of nitrogens with zero attached hydrogens (tertiary/aromatic N) is 1. The first-order valence-electron chi connectivity index (χ1n) is 11.7. The maximum absolute atomic E-state index is 12.6. The zero-order chi connectivity index (χ0) is 27.8. The van der Waals surface area contributed by atoms with Crippen molar-refractivity contribution in [2.75, 3.05) is 18.1 Å². The number of aliphatic carboxylic acids is 1. The van der Waals surface area contributed by atoms with Crippen molar-refractivity contribution in [3.05, 3.63) is 87.2 Å². The number of H-pyrrole nitrogens is 1. The van der Waals surface area contributed by atoms with Crippen LogP contribution in [0.4, 0.5) is 5.69 Å². The third-order valence-electron chi connectivity index (χ3n) is 6.61. The predicted molar refractivity (Wildman–Crippen MR) is 146 cm³/mol. The van der Waals surface area contributed by atoms with Crippen LogP contribution in [-0.2, 0) is 20.2 Å². The van der Waals surface area contributed by atoms with E-state index in [4.69, 9.17) is 4.74 Å². The van der Waals surface area contributed by atoms with Gasteiger partial charge in [-0.15, -0.1) is 0 Å². The normalized spacial score (nSPS) is 13.2. The molecule has 0 fully saturated rings. The van der Waals surface area contributed by atoms with Crippen LogP contribution in [0, 0.1) is 0 Å². The van der Waals surface area contributed by atoms with Crippen molar-refractivity contribution < 1.29 is 23.1 Å². The van der Waals surface area contributed by atoms with Crippen molar-refractivity contribution in [3.8, 4) is 22.6 Å². The third kappa shape index (κ3) is 5.05. The zero-order valence-corrected chi connectivity index (χ0v) is 22.0. The Balaban J connectivity index is 2.00. The van der Waals surface area contributed by atoms with Gasteiger partial charge >= 0.3 is 11.7 Å². The van der Waals surface area contributed by atoms with Gasteiger partial charge in [-0.25, -0.2) is 13.2 Å². The predicted octanol–water partition coefficient (Wildman–Crippen LogP) is 3.48. The fourth-order valence-corrected chi connectivity index (χ4v) is 4.92. The lowest BCUT2D eigenvalue weighted by atomic mass is 9.78. The van der Waals surface area contributed by atoms with E-state index in [0.717, 1.165) is 17.0 Å². The molecule has 10 nitrogen and oxygen atoms in total.